The molecule has 2 rings (SSSR count). The molecule has 0 spiro atoms. The molecule has 0 amide bonds. The highest BCUT2D eigenvalue weighted by Gasteiger charge is 2.32. The highest BCUT2D eigenvalue weighted by Crippen LogP contribution is 2.25. The maximum atomic E-state index is 12.2. The quantitative estimate of drug-likeness (QED) is 0.615. The number of benzene rings is 1. The lowest BCUT2D eigenvalue weighted by Gasteiger charge is -2.06. The normalized spacial score (nSPS) is 12.2. The van der Waals surface area contributed by atoms with Crippen LogP contribution in [-0.2, 0) is 6.30 Å². The zero-order valence-corrected chi connectivity index (χ0v) is 6.34. The van der Waals surface area contributed by atoms with Crippen molar-refractivity contribution < 1.29 is 13.2 Å². The Labute approximate surface area is 71.6 Å². The van der Waals surface area contributed by atoms with Crippen LogP contribution in [0.2, 0.25) is 0 Å². The number of nitrogens with zero attached hydrogens (tertiary/aromatic N) is 2. The molecule has 0 fully saturated rings. The molecule has 1 aromatic heterocycles. The summed E-state index contributed by atoms with van der Waals surface area (Å²) >= 11 is 0. The van der Waals surface area contributed by atoms with Gasteiger partial charge in [0.2, 0.25) is 0 Å². The van der Waals surface area contributed by atoms with E-state index in [1.54, 1.807) is 0 Å². The van der Waals surface area contributed by atoms with Crippen LogP contribution in [0.25, 0.3) is 10.9 Å². The maximum absolute atomic E-state index is 12.2. The summed E-state index contributed by atoms with van der Waals surface area (Å²) in [6.07, 6.45) is -3.29. The number of aromatic nitrogens is 2. The highest BCUT2D eigenvalue weighted by atomic mass is 19.4. The van der Waals surface area contributed by atoms with Crippen LogP contribution in [0.5, 0.6) is 0 Å². The summed E-state index contributed by atoms with van der Waals surface area (Å²) in [6.45, 7) is 0. The third kappa shape index (κ3) is 1.26. The van der Waals surface area contributed by atoms with E-state index >= 15 is 0 Å². The SMILES string of the molecule is FC(F)(F)n1ncc2c[c]ccc21. The Morgan fingerprint density at radius 1 is 1.38 bits per heavy atom. The van der Waals surface area contributed by atoms with Gasteiger partial charge in [-0.25, -0.2) is 0 Å². The van der Waals surface area contributed by atoms with Crippen molar-refractivity contribution in [3.05, 3.63) is 30.5 Å². The smallest absolute Gasteiger partial charge is 0.173 e. The summed E-state index contributed by atoms with van der Waals surface area (Å²) in [5.41, 5.74) is 0.0475. The van der Waals surface area contributed by atoms with E-state index in [4.69, 9.17) is 0 Å². The molecule has 1 radical (unpaired) electrons. The molecular weight excluding hydrogens is 181 g/mol. The van der Waals surface area contributed by atoms with E-state index in [1.807, 2.05) is 0 Å². The summed E-state index contributed by atoms with van der Waals surface area (Å²) < 4.78 is 36.8. The fraction of sp³-hybridized carbons (Fsp3) is 0.125. The second kappa shape index (κ2) is 2.48. The van der Waals surface area contributed by atoms with Crippen molar-refractivity contribution in [3.8, 4) is 0 Å². The summed E-state index contributed by atoms with van der Waals surface area (Å²) in [6, 6.07) is 6.89. The van der Waals surface area contributed by atoms with E-state index in [-0.39, 0.29) is 10.2 Å². The van der Waals surface area contributed by atoms with Gasteiger partial charge in [0.25, 0.3) is 0 Å². The predicted molar refractivity (Wildman–Crippen MR) is 39.9 cm³/mol. The number of hydrogen-bond acceptors (Lipinski definition) is 1. The van der Waals surface area contributed by atoms with Crippen molar-refractivity contribution in [2.45, 2.75) is 6.30 Å². The minimum atomic E-state index is -4.46. The number of fused-ring (bicyclic) bond motifs is 1. The lowest BCUT2D eigenvalue weighted by Crippen LogP contribution is -2.17. The maximum Gasteiger partial charge on any atom is 0.505 e. The first kappa shape index (κ1) is 8.10. The molecule has 0 N–H and O–H groups in total. The van der Waals surface area contributed by atoms with Crippen molar-refractivity contribution in [2.24, 2.45) is 0 Å². The molecule has 2 aromatic rings. The molecule has 13 heavy (non-hydrogen) atoms. The van der Waals surface area contributed by atoms with Gasteiger partial charge in [0.05, 0.1) is 11.7 Å². The Morgan fingerprint density at radius 3 is 2.85 bits per heavy atom. The van der Waals surface area contributed by atoms with Gasteiger partial charge in [0.1, 0.15) is 0 Å². The van der Waals surface area contributed by atoms with E-state index in [0.29, 0.717) is 5.39 Å². The minimum absolute atomic E-state index is 0.0379. The number of alkyl halides is 3. The molecule has 1 aromatic carbocycles. The lowest BCUT2D eigenvalue weighted by atomic mass is 10.3. The molecule has 0 saturated heterocycles. The van der Waals surface area contributed by atoms with Crippen molar-refractivity contribution >= 4 is 10.9 Å². The average molecular weight is 185 g/mol. The molecule has 2 nitrogen and oxygen atoms in total. The molecular formula is C8H4F3N2. The van der Waals surface area contributed by atoms with Gasteiger partial charge in [0, 0.05) is 5.39 Å². The van der Waals surface area contributed by atoms with Gasteiger partial charge in [-0.3, -0.25) is 0 Å². The molecule has 0 saturated carbocycles. The molecule has 0 bridgehead atoms. The van der Waals surface area contributed by atoms with Crippen LogP contribution in [0.4, 0.5) is 13.2 Å². The molecule has 1 heterocycles. The molecule has 0 aliphatic carbocycles. The monoisotopic (exact) mass is 185 g/mol. The van der Waals surface area contributed by atoms with Crippen LogP contribution in [0.3, 0.4) is 0 Å². The Bertz CT molecular complexity index is 430. The van der Waals surface area contributed by atoms with Gasteiger partial charge in [-0.1, -0.05) is 6.07 Å². The van der Waals surface area contributed by atoms with E-state index in [1.165, 1.54) is 24.4 Å². The fourth-order valence-corrected chi connectivity index (χ4v) is 1.12. The zero-order chi connectivity index (χ0) is 9.47. The van der Waals surface area contributed by atoms with E-state index in [0.717, 1.165) is 0 Å². The molecule has 0 atom stereocenters. The van der Waals surface area contributed by atoms with Crippen LogP contribution in [-0.4, -0.2) is 9.78 Å². The first-order chi connectivity index (χ1) is 6.09. The van der Waals surface area contributed by atoms with Gasteiger partial charge in [-0.05, 0) is 18.2 Å². The summed E-state index contributed by atoms with van der Waals surface area (Å²) in [4.78, 5) is 0. The van der Waals surface area contributed by atoms with E-state index in [2.05, 4.69) is 11.2 Å². The summed E-state index contributed by atoms with van der Waals surface area (Å²) in [7, 11) is 0. The van der Waals surface area contributed by atoms with Crippen LogP contribution in [0, 0.1) is 6.07 Å². The Kier molecular flexibility index (Phi) is 1.55. The van der Waals surface area contributed by atoms with Gasteiger partial charge < -0.3 is 0 Å². The number of rotatable bonds is 0. The van der Waals surface area contributed by atoms with Crippen molar-refractivity contribution in [1.29, 1.82) is 0 Å². The second-order valence-corrected chi connectivity index (χ2v) is 2.51. The highest BCUT2D eigenvalue weighted by molar-refractivity contribution is 5.78. The van der Waals surface area contributed by atoms with Crippen molar-refractivity contribution in [3.63, 3.8) is 0 Å². The predicted octanol–water partition coefficient (Wildman–Crippen LogP) is 2.31. The average Bonchev–Trinajstić information content (AvgIpc) is 2.45. The van der Waals surface area contributed by atoms with Crippen molar-refractivity contribution in [2.75, 3.05) is 0 Å². The Balaban J connectivity index is 2.72. The standard InChI is InChI=1S/C8H4F3N2/c9-8(10,11)13-7-4-2-1-3-6(7)5-12-13/h2-5H. The fourth-order valence-electron chi connectivity index (χ4n) is 1.12. The zero-order valence-electron chi connectivity index (χ0n) is 6.34. The summed E-state index contributed by atoms with van der Waals surface area (Å²) in [5.74, 6) is 0. The largest absolute Gasteiger partial charge is 0.505 e. The molecule has 0 aliphatic rings. The number of hydrogen-bond donors (Lipinski definition) is 0. The van der Waals surface area contributed by atoms with Gasteiger partial charge in [-0.15, -0.1) is 13.2 Å². The minimum Gasteiger partial charge on any atom is -0.173 e. The molecule has 0 unspecified atom stereocenters. The van der Waals surface area contributed by atoms with Crippen LogP contribution in [0.1, 0.15) is 0 Å². The number of halogens is 3. The van der Waals surface area contributed by atoms with Gasteiger partial charge in [-0.2, -0.15) is 9.78 Å². The summed E-state index contributed by atoms with van der Waals surface area (Å²) in [5, 5.41) is 3.67. The lowest BCUT2D eigenvalue weighted by molar-refractivity contribution is -0.209. The molecule has 5 heteroatoms. The van der Waals surface area contributed by atoms with Crippen LogP contribution < -0.4 is 0 Å². The first-order valence-corrected chi connectivity index (χ1v) is 3.50. The topological polar surface area (TPSA) is 17.8 Å². The van der Waals surface area contributed by atoms with E-state index < -0.39 is 6.30 Å². The Hall–Kier alpha value is -1.52. The molecule has 67 valence electrons. The third-order valence-corrected chi connectivity index (χ3v) is 1.65. The second-order valence-electron chi connectivity index (χ2n) is 2.51. The molecule has 0 aliphatic heterocycles. The van der Waals surface area contributed by atoms with Crippen molar-refractivity contribution in [1.82, 2.24) is 9.78 Å². The third-order valence-electron chi connectivity index (χ3n) is 1.65. The van der Waals surface area contributed by atoms with Crippen LogP contribution >= 0.6 is 0 Å². The first-order valence-electron chi connectivity index (χ1n) is 3.50. The van der Waals surface area contributed by atoms with Crippen LogP contribution in [0.15, 0.2) is 24.4 Å². The van der Waals surface area contributed by atoms with Gasteiger partial charge in [0.15, 0.2) is 0 Å². The van der Waals surface area contributed by atoms with E-state index in [9.17, 15) is 13.2 Å². The Morgan fingerprint density at radius 2 is 2.15 bits per heavy atom. The van der Waals surface area contributed by atoms with Gasteiger partial charge >= 0.3 is 6.30 Å².